The molecular formula is C67H67BN2. The van der Waals surface area contributed by atoms with Crippen LogP contribution in [0.2, 0.25) is 0 Å². The molecule has 0 saturated heterocycles. The van der Waals surface area contributed by atoms with Crippen LogP contribution in [0.4, 0.5) is 17.1 Å². The fourth-order valence-electron chi connectivity index (χ4n) is 11.2. The monoisotopic (exact) mass is 911 g/mol. The molecule has 0 fully saturated rings. The van der Waals surface area contributed by atoms with Gasteiger partial charge in [0.1, 0.15) is 0 Å². The highest BCUT2D eigenvalue weighted by molar-refractivity contribution is 6.90. The van der Waals surface area contributed by atoms with Gasteiger partial charge in [0.2, 0.25) is 0 Å². The molecule has 0 radical (unpaired) electrons. The number of aryl methyl sites for hydroxylation is 1. The van der Waals surface area contributed by atoms with E-state index in [4.69, 9.17) is 0 Å². The number of rotatable bonds is 5. The summed E-state index contributed by atoms with van der Waals surface area (Å²) in [7, 11) is 0. The second-order valence-electron chi connectivity index (χ2n) is 24.4. The minimum atomic E-state index is -0.123. The molecule has 11 rings (SSSR count). The van der Waals surface area contributed by atoms with Gasteiger partial charge in [-0.15, -0.1) is 0 Å². The second kappa shape index (κ2) is 16.1. The van der Waals surface area contributed by atoms with Gasteiger partial charge < -0.3 is 9.38 Å². The molecule has 0 saturated carbocycles. The largest absolute Gasteiger partial charge is 0.375 e. The Morgan fingerprint density at radius 3 is 1.46 bits per heavy atom. The molecule has 348 valence electrons. The normalized spacial score (nSPS) is 13.4. The topological polar surface area (TPSA) is 8.17 Å². The van der Waals surface area contributed by atoms with E-state index in [-0.39, 0.29) is 28.5 Å². The number of hydrogen-bond acceptors (Lipinski definition) is 1. The third-order valence-electron chi connectivity index (χ3n) is 15.4. The molecule has 9 aromatic rings. The van der Waals surface area contributed by atoms with Crippen LogP contribution in [0.1, 0.15) is 111 Å². The number of anilines is 3. The van der Waals surface area contributed by atoms with Gasteiger partial charge in [-0.25, -0.2) is 0 Å². The highest BCUT2D eigenvalue weighted by Gasteiger charge is 2.45. The molecule has 0 N–H and O–H groups in total. The van der Waals surface area contributed by atoms with Crippen molar-refractivity contribution in [1.82, 2.24) is 4.48 Å². The van der Waals surface area contributed by atoms with Crippen LogP contribution in [-0.2, 0) is 21.7 Å². The third kappa shape index (κ3) is 7.56. The molecule has 3 heterocycles. The summed E-state index contributed by atoms with van der Waals surface area (Å²) in [4.78, 5) is 2.59. The zero-order chi connectivity index (χ0) is 49.2. The van der Waals surface area contributed by atoms with E-state index in [0.29, 0.717) is 0 Å². The van der Waals surface area contributed by atoms with E-state index in [1.165, 1.54) is 117 Å². The van der Waals surface area contributed by atoms with Gasteiger partial charge in [0.15, 0.2) is 0 Å². The molecular weight excluding hydrogens is 844 g/mol. The van der Waals surface area contributed by atoms with Crippen molar-refractivity contribution in [3.8, 4) is 55.8 Å². The van der Waals surface area contributed by atoms with E-state index in [1.807, 2.05) is 0 Å². The Labute approximate surface area is 418 Å². The van der Waals surface area contributed by atoms with Crippen molar-refractivity contribution in [3.05, 3.63) is 198 Å². The van der Waals surface area contributed by atoms with Crippen LogP contribution in [0.3, 0.4) is 0 Å². The number of nitrogens with zero attached hydrogens (tertiary/aromatic N) is 2. The predicted octanol–water partition coefficient (Wildman–Crippen LogP) is 17.2. The van der Waals surface area contributed by atoms with Crippen molar-refractivity contribution in [2.45, 2.75) is 112 Å². The summed E-state index contributed by atoms with van der Waals surface area (Å²) < 4.78 is 2.78. The number of aromatic nitrogens is 1. The fraction of sp³-hybridized carbons (Fsp3) is 0.254. The summed E-state index contributed by atoms with van der Waals surface area (Å²) in [5, 5.41) is 1.31. The summed E-state index contributed by atoms with van der Waals surface area (Å²) in [5.74, 6) is 0. The van der Waals surface area contributed by atoms with Crippen molar-refractivity contribution in [2.75, 3.05) is 4.90 Å². The van der Waals surface area contributed by atoms with Gasteiger partial charge >= 0.3 is 6.85 Å². The first kappa shape index (κ1) is 45.6. The summed E-state index contributed by atoms with van der Waals surface area (Å²) in [6.07, 6.45) is 0. The Bertz CT molecular complexity index is 3490. The Morgan fingerprint density at radius 2 is 0.886 bits per heavy atom. The van der Waals surface area contributed by atoms with Crippen LogP contribution in [-0.4, -0.2) is 11.3 Å². The van der Waals surface area contributed by atoms with Crippen molar-refractivity contribution >= 4 is 45.7 Å². The molecule has 1 aromatic heterocycles. The van der Waals surface area contributed by atoms with E-state index in [0.717, 1.165) is 5.69 Å². The van der Waals surface area contributed by atoms with Crippen molar-refractivity contribution in [3.63, 3.8) is 0 Å². The van der Waals surface area contributed by atoms with Crippen LogP contribution in [0.5, 0.6) is 0 Å². The fourth-order valence-corrected chi connectivity index (χ4v) is 11.2. The van der Waals surface area contributed by atoms with E-state index in [2.05, 4.69) is 269 Å². The van der Waals surface area contributed by atoms with Gasteiger partial charge in [0.05, 0.1) is 0 Å². The molecule has 0 unspecified atom stereocenters. The lowest BCUT2D eigenvalue weighted by molar-refractivity contribution is 0.590. The molecule has 0 spiro atoms. The van der Waals surface area contributed by atoms with Crippen LogP contribution in [0.25, 0.3) is 66.7 Å². The molecule has 0 amide bonds. The summed E-state index contributed by atoms with van der Waals surface area (Å²) in [6, 6.07) is 65.5. The molecule has 3 heteroatoms. The van der Waals surface area contributed by atoms with E-state index in [1.54, 1.807) is 0 Å². The molecule has 2 nitrogen and oxygen atoms in total. The SMILES string of the molecule is Cc1ccccc1-c1c(-c2ccccc2)c2cc(C(C)(C)C)cc3c2n1B1c2cc(-c4ccc(C(C)(C)C)cc4)ccc2N(c2ccc(-c4ccc(C(C)(C)C)cc4)cc2)c2cc(C(C)(C)C)cc-3c21. The maximum absolute atomic E-state index is 2.78. The Hall–Kier alpha value is -6.84. The zero-order valence-corrected chi connectivity index (χ0v) is 43.6. The standard InChI is InChI=1S/C67H67BN2/c1-42-19-17-18-22-53(42)63-60(46-20-15-14-16-21-46)56-40-50(66(8,9)10)39-55-54-38-51(67(11,12)13)41-59-61(54)68(70(63)62(55)56)57-37-47(45-25-32-49(33-26-45)65(5,6)7)29-36-58(57)69(59)52-34-27-44(28-35-52)43-23-30-48(31-24-43)64(2,3)4/h14-41H,1-13H3. The van der Waals surface area contributed by atoms with Gasteiger partial charge in [-0.1, -0.05) is 217 Å². The average Bonchev–Trinajstić information content (AvgIpc) is 3.66. The maximum atomic E-state index is 2.78. The summed E-state index contributed by atoms with van der Waals surface area (Å²) in [5.41, 5.74) is 26.8. The molecule has 2 aliphatic rings. The number of benzene rings is 8. The molecule has 0 bridgehead atoms. The lowest BCUT2D eigenvalue weighted by Gasteiger charge is -2.42. The first-order valence-corrected chi connectivity index (χ1v) is 25.5. The third-order valence-corrected chi connectivity index (χ3v) is 15.4. The predicted molar refractivity (Wildman–Crippen MR) is 304 cm³/mol. The van der Waals surface area contributed by atoms with E-state index < -0.39 is 0 Å². The van der Waals surface area contributed by atoms with Crippen molar-refractivity contribution < 1.29 is 0 Å². The molecule has 8 aromatic carbocycles. The first-order valence-electron chi connectivity index (χ1n) is 25.5. The lowest BCUT2D eigenvalue weighted by atomic mass is 9.44. The smallest absolute Gasteiger partial charge is 0.333 e. The Kier molecular flexibility index (Phi) is 10.5. The van der Waals surface area contributed by atoms with Gasteiger partial charge in [-0.3, -0.25) is 0 Å². The zero-order valence-electron chi connectivity index (χ0n) is 43.6. The van der Waals surface area contributed by atoms with Crippen LogP contribution < -0.4 is 15.8 Å². The van der Waals surface area contributed by atoms with Crippen LogP contribution >= 0.6 is 0 Å². The van der Waals surface area contributed by atoms with Gasteiger partial charge in [-0.2, -0.15) is 0 Å². The van der Waals surface area contributed by atoms with Gasteiger partial charge in [0.25, 0.3) is 0 Å². The number of fused-ring (bicyclic) bond motifs is 4. The molecule has 0 aliphatic carbocycles. The quantitative estimate of drug-likeness (QED) is 0.156. The number of hydrogen-bond donors (Lipinski definition) is 0. The minimum Gasteiger partial charge on any atom is -0.375 e. The summed E-state index contributed by atoms with van der Waals surface area (Å²) in [6.45, 7) is 30.1. The Balaban J connectivity index is 1.26. The molecule has 70 heavy (non-hydrogen) atoms. The minimum absolute atomic E-state index is 0.0664. The highest BCUT2D eigenvalue weighted by atomic mass is 15.2. The van der Waals surface area contributed by atoms with Gasteiger partial charge in [-0.05, 0) is 137 Å². The molecule has 0 atom stereocenters. The van der Waals surface area contributed by atoms with Crippen molar-refractivity contribution in [1.29, 1.82) is 0 Å². The summed E-state index contributed by atoms with van der Waals surface area (Å²) >= 11 is 0. The van der Waals surface area contributed by atoms with Crippen LogP contribution in [0, 0.1) is 6.92 Å². The van der Waals surface area contributed by atoms with E-state index >= 15 is 0 Å². The first-order chi connectivity index (χ1) is 33.2. The van der Waals surface area contributed by atoms with Gasteiger partial charge in [0, 0.05) is 50.3 Å². The van der Waals surface area contributed by atoms with Crippen molar-refractivity contribution in [2.24, 2.45) is 0 Å². The lowest BCUT2D eigenvalue weighted by Crippen LogP contribution is -2.57. The highest BCUT2D eigenvalue weighted by Crippen LogP contribution is 2.52. The maximum Gasteiger partial charge on any atom is 0.333 e. The van der Waals surface area contributed by atoms with Crippen LogP contribution in [0.15, 0.2) is 170 Å². The second-order valence-corrected chi connectivity index (χ2v) is 24.4. The average molecular weight is 911 g/mol. The molecule has 2 aliphatic heterocycles. The Morgan fingerprint density at radius 1 is 0.386 bits per heavy atom. The van der Waals surface area contributed by atoms with E-state index in [9.17, 15) is 0 Å².